The van der Waals surface area contributed by atoms with E-state index in [4.69, 9.17) is 10.8 Å². The number of nitrogens with two attached hydrogens (primary N) is 1. The van der Waals surface area contributed by atoms with Crippen LogP contribution in [0.1, 0.15) is 13.3 Å². The van der Waals surface area contributed by atoms with E-state index in [2.05, 4.69) is 6.58 Å². The minimum absolute atomic E-state index is 0.0278. The Balaban J connectivity index is 2.47. The average Bonchev–Trinajstić information content (AvgIpc) is 2.63. The first kappa shape index (κ1) is 8.27. The maximum atomic E-state index is 10.4. The smallest absolute Gasteiger partial charge is 0.320 e. The predicted molar refractivity (Wildman–Crippen MR) is 42.0 cm³/mol. The van der Waals surface area contributed by atoms with Gasteiger partial charge in [-0.1, -0.05) is 19.1 Å². The summed E-state index contributed by atoms with van der Waals surface area (Å²) in [4.78, 5) is 10.4. The molecule has 11 heavy (non-hydrogen) atoms. The minimum Gasteiger partial charge on any atom is -0.480 e. The molecule has 1 aliphatic rings. The minimum atomic E-state index is -0.919. The fraction of sp³-hybridized carbons (Fsp3) is 0.625. The van der Waals surface area contributed by atoms with Crippen molar-refractivity contribution in [2.75, 3.05) is 0 Å². The zero-order valence-corrected chi connectivity index (χ0v) is 6.58. The van der Waals surface area contributed by atoms with Crippen molar-refractivity contribution in [3.05, 3.63) is 12.2 Å². The van der Waals surface area contributed by atoms with Gasteiger partial charge in [0.1, 0.15) is 6.04 Å². The third-order valence-electron chi connectivity index (χ3n) is 2.33. The molecule has 62 valence electrons. The zero-order chi connectivity index (χ0) is 8.59. The molecule has 0 aromatic carbocycles. The molecule has 1 saturated carbocycles. The van der Waals surface area contributed by atoms with Crippen molar-refractivity contribution in [1.29, 1.82) is 0 Å². The summed E-state index contributed by atoms with van der Waals surface area (Å²) in [5.41, 5.74) is 6.56. The lowest BCUT2D eigenvalue weighted by molar-refractivity contribution is -0.139. The van der Waals surface area contributed by atoms with Gasteiger partial charge in [0.15, 0.2) is 0 Å². The Morgan fingerprint density at radius 3 is 2.64 bits per heavy atom. The molecule has 1 rings (SSSR count). The van der Waals surface area contributed by atoms with Crippen LogP contribution in [0, 0.1) is 11.8 Å². The van der Waals surface area contributed by atoms with Gasteiger partial charge in [-0.05, 0) is 18.3 Å². The molecule has 0 aliphatic heterocycles. The Kier molecular flexibility index (Phi) is 2.00. The maximum absolute atomic E-state index is 10.4. The quantitative estimate of drug-likeness (QED) is 0.587. The number of carboxylic acid groups (broad SMARTS) is 1. The van der Waals surface area contributed by atoms with Gasteiger partial charge >= 0.3 is 5.97 Å². The molecule has 0 heterocycles. The van der Waals surface area contributed by atoms with Crippen LogP contribution < -0.4 is 5.73 Å². The van der Waals surface area contributed by atoms with Crippen LogP contribution in [-0.2, 0) is 4.79 Å². The summed E-state index contributed by atoms with van der Waals surface area (Å²) in [6.45, 7) is 5.63. The van der Waals surface area contributed by atoms with E-state index in [-0.39, 0.29) is 5.92 Å². The first-order valence-electron chi connectivity index (χ1n) is 3.70. The van der Waals surface area contributed by atoms with Gasteiger partial charge in [0.25, 0.3) is 0 Å². The first-order valence-corrected chi connectivity index (χ1v) is 3.70. The maximum Gasteiger partial charge on any atom is 0.320 e. The number of aliphatic carboxylic acids is 1. The molecule has 3 heteroatoms. The lowest BCUT2D eigenvalue weighted by atomic mass is 9.97. The normalized spacial score (nSPS) is 27.8. The van der Waals surface area contributed by atoms with Gasteiger partial charge < -0.3 is 10.8 Å². The standard InChI is InChI=1S/C8H13NO2/c1-4-3-6(4)5(2)7(9)8(10)11/h5-7H,1,3,9H2,2H3,(H,10,11). The SMILES string of the molecule is C=C1CC1C(C)C(N)C(=O)O. The van der Waals surface area contributed by atoms with E-state index in [9.17, 15) is 4.79 Å². The van der Waals surface area contributed by atoms with E-state index in [1.807, 2.05) is 6.92 Å². The van der Waals surface area contributed by atoms with Crippen molar-refractivity contribution in [3.63, 3.8) is 0 Å². The van der Waals surface area contributed by atoms with Crippen LogP contribution >= 0.6 is 0 Å². The van der Waals surface area contributed by atoms with Crippen LogP contribution in [-0.4, -0.2) is 17.1 Å². The fourth-order valence-electron chi connectivity index (χ4n) is 1.26. The van der Waals surface area contributed by atoms with E-state index in [1.54, 1.807) is 0 Å². The van der Waals surface area contributed by atoms with Crippen LogP contribution in [0.15, 0.2) is 12.2 Å². The van der Waals surface area contributed by atoms with E-state index in [0.29, 0.717) is 5.92 Å². The Morgan fingerprint density at radius 1 is 1.91 bits per heavy atom. The third kappa shape index (κ3) is 1.60. The summed E-state index contributed by atoms with van der Waals surface area (Å²) in [7, 11) is 0. The van der Waals surface area contributed by atoms with Crippen molar-refractivity contribution >= 4 is 5.97 Å². The summed E-state index contributed by atoms with van der Waals surface area (Å²) in [5, 5.41) is 8.56. The van der Waals surface area contributed by atoms with Gasteiger partial charge in [-0.25, -0.2) is 0 Å². The molecule has 3 nitrogen and oxygen atoms in total. The first-order chi connectivity index (χ1) is 5.04. The monoisotopic (exact) mass is 155 g/mol. The van der Waals surface area contributed by atoms with E-state index in [0.717, 1.165) is 12.0 Å². The van der Waals surface area contributed by atoms with Crippen molar-refractivity contribution in [2.24, 2.45) is 17.6 Å². The third-order valence-corrected chi connectivity index (χ3v) is 2.33. The predicted octanol–water partition coefficient (Wildman–Crippen LogP) is 0.611. The highest BCUT2D eigenvalue weighted by Gasteiger charge is 2.38. The van der Waals surface area contributed by atoms with Crippen molar-refractivity contribution in [3.8, 4) is 0 Å². The van der Waals surface area contributed by atoms with E-state index < -0.39 is 12.0 Å². The van der Waals surface area contributed by atoms with Crippen LogP contribution in [0.3, 0.4) is 0 Å². The molecule has 3 N–H and O–H groups in total. The number of carboxylic acids is 1. The van der Waals surface area contributed by atoms with Gasteiger partial charge in [-0.3, -0.25) is 4.79 Å². The van der Waals surface area contributed by atoms with E-state index >= 15 is 0 Å². The molecule has 0 spiro atoms. The van der Waals surface area contributed by atoms with Gasteiger partial charge in [-0.15, -0.1) is 0 Å². The second-order valence-corrected chi connectivity index (χ2v) is 3.19. The van der Waals surface area contributed by atoms with E-state index in [1.165, 1.54) is 0 Å². The number of carbonyl (C=O) groups is 1. The van der Waals surface area contributed by atoms with Crippen LogP contribution in [0.4, 0.5) is 0 Å². The molecule has 3 atom stereocenters. The second-order valence-electron chi connectivity index (χ2n) is 3.19. The topological polar surface area (TPSA) is 63.3 Å². The molecule has 1 aliphatic carbocycles. The number of hydrogen-bond acceptors (Lipinski definition) is 2. The molecule has 0 saturated heterocycles. The van der Waals surface area contributed by atoms with Gasteiger partial charge in [0.05, 0.1) is 0 Å². The lowest BCUT2D eigenvalue weighted by Gasteiger charge is -2.13. The summed E-state index contributed by atoms with van der Waals surface area (Å²) in [6, 6.07) is -0.737. The molecule has 1 fully saturated rings. The van der Waals surface area contributed by atoms with Crippen LogP contribution in [0.25, 0.3) is 0 Å². The fourth-order valence-corrected chi connectivity index (χ4v) is 1.26. The van der Waals surface area contributed by atoms with Gasteiger partial charge in [0.2, 0.25) is 0 Å². The number of hydrogen-bond donors (Lipinski definition) is 2. The largest absolute Gasteiger partial charge is 0.480 e. The van der Waals surface area contributed by atoms with Gasteiger partial charge in [-0.2, -0.15) is 0 Å². The summed E-state index contributed by atoms with van der Waals surface area (Å²) >= 11 is 0. The van der Waals surface area contributed by atoms with Crippen molar-refractivity contribution < 1.29 is 9.90 Å². The molecular formula is C8H13NO2. The summed E-state index contributed by atoms with van der Waals surface area (Å²) in [5.74, 6) is -0.543. The Morgan fingerprint density at radius 2 is 2.36 bits per heavy atom. The molecule has 0 aromatic heterocycles. The lowest BCUT2D eigenvalue weighted by Crippen LogP contribution is -2.37. The molecule has 0 aromatic rings. The molecule has 0 bridgehead atoms. The highest BCUT2D eigenvalue weighted by atomic mass is 16.4. The average molecular weight is 155 g/mol. The van der Waals surface area contributed by atoms with Crippen molar-refractivity contribution in [2.45, 2.75) is 19.4 Å². The van der Waals surface area contributed by atoms with Crippen LogP contribution in [0.5, 0.6) is 0 Å². The number of rotatable bonds is 3. The Bertz CT molecular complexity index is 200. The highest BCUT2D eigenvalue weighted by molar-refractivity contribution is 5.73. The number of allylic oxidation sites excluding steroid dienone is 1. The zero-order valence-electron chi connectivity index (χ0n) is 6.58. The Labute approximate surface area is 65.9 Å². The van der Waals surface area contributed by atoms with Crippen molar-refractivity contribution in [1.82, 2.24) is 0 Å². The second kappa shape index (κ2) is 2.66. The Hall–Kier alpha value is -0.830. The summed E-state index contributed by atoms with van der Waals surface area (Å²) in [6.07, 6.45) is 0.947. The van der Waals surface area contributed by atoms with Crippen LogP contribution in [0.2, 0.25) is 0 Å². The molecule has 3 unspecified atom stereocenters. The highest BCUT2D eigenvalue weighted by Crippen LogP contribution is 2.42. The van der Waals surface area contributed by atoms with Gasteiger partial charge in [0, 0.05) is 0 Å². The molecule has 0 radical (unpaired) electrons. The summed E-state index contributed by atoms with van der Waals surface area (Å²) < 4.78 is 0. The molecule has 0 amide bonds. The molecular weight excluding hydrogens is 142 g/mol.